The van der Waals surface area contributed by atoms with Crippen molar-refractivity contribution in [1.29, 1.82) is 0 Å². The minimum Gasteiger partial charge on any atom is -0.356 e. The van der Waals surface area contributed by atoms with Crippen molar-refractivity contribution >= 4 is 28.8 Å². The summed E-state index contributed by atoms with van der Waals surface area (Å²) in [4.78, 5) is 28.4. The van der Waals surface area contributed by atoms with Crippen LogP contribution in [0.15, 0.2) is 24.3 Å². The number of anilines is 1. The van der Waals surface area contributed by atoms with E-state index in [1.165, 1.54) is 0 Å². The van der Waals surface area contributed by atoms with E-state index in [-0.39, 0.29) is 11.8 Å². The number of benzene rings is 1. The molecule has 0 atom stereocenters. The van der Waals surface area contributed by atoms with Crippen LogP contribution in [0.3, 0.4) is 0 Å². The Hall–Kier alpha value is -2.37. The summed E-state index contributed by atoms with van der Waals surface area (Å²) in [6, 6.07) is 7.81. The Morgan fingerprint density at radius 2 is 1.92 bits per heavy atom. The lowest BCUT2D eigenvalue weighted by Crippen LogP contribution is -2.35. The van der Waals surface area contributed by atoms with Gasteiger partial charge in [0, 0.05) is 24.9 Å². The maximum atomic E-state index is 12.1. The van der Waals surface area contributed by atoms with Crippen molar-refractivity contribution in [2.24, 2.45) is 5.41 Å². The average Bonchev–Trinajstić information content (AvgIpc) is 2.87. The zero-order valence-electron chi connectivity index (χ0n) is 14.8. The third-order valence-corrected chi connectivity index (χ3v) is 3.77. The highest BCUT2D eigenvalue weighted by Gasteiger charge is 2.20. The minimum atomic E-state index is -0.408. The van der Waals surface area contributed by atoms with Gasteiger partial charge in [-0.25, -0.2) is 4.98 Å². The van der Waals surface area contributed by atoms with Crippen LogP contribution in [-0.4, -0.2) is 27.9 Å². The van der Waals surface area contributed by atoms with Gasteiger partial charge in [-0.1, -0.05) is 32.9 Å². The normalized spacial score (nSPS) is 11.5. The molecule has 1 heterocycles. The Balaban J connectivity index is 1.88. The molecule has 2 aromatic rings. The van der Waals surface area contributed by atoms with Crippen LogP contribution in [0.5, 0.6) is 0 Å². The van der Waals surface area contributed by atoms with Gasteiger partial charge in [-0.15, -0.1) is 0 Å². The van der Waals surface area contributed by atoms with E-state index in [0.717, 1.165) is 17.6 Å². The number of para-hydroxylation sites is 2. The second-order valence-electron chi connectivity index (χ2n) is 6.83. The topological polar surface area (TPSA) is 76.0 Å². The number of hydrogen-bond acceptors (Lipinski definition) is 3. The molecule has 24 heavy (non-hydrogen) atoms. The lowest BCUT2D eigenvalue weighted by molar-refractivity contribution is -0.128. The number of aromatic nitrogens is 2. The van der Waals surface area contributed by atoms with E-state index in [1.54, 1.807) is 0 Å². The van der Waals surface area contributed by atoms with Crippen molar-refractivity contribution in [2.75, 3.05) is 11.9 Å². The van der Waals surface area contributed by atoms with Gasteiger partial charge in [-0.3, -0.25) is 14.9 Å². The molecular weight excluding hydrogens is 304 g/mol. The van der Waals surface area contributed by atoms with Gasteiger partial charge >= 0.3 is 0 Å². The van der Waals surface area contributed by atoms with Crippen LogP contribution in [0.4, 0.5) is 5.95 Å². The van der Waals surface area contributed by atoms with Crippen molar-refractivity contribution < 1.29 is 9.59 Å². The quantitative estimate of drug-likeness (QED) is 0.800. The Morgan fingerprint density at radius 1 is 1.21 bits per heavy atom. The van der Waals surface area contributed by atoms with Crippen LogP contribution in [0.1, 0.15) is 40.5 Å². The van der Waals surface area contributed by atoms with Crippen LogP contribution >= 0.6 is 0 Å². The van der Waals surface area contributed by atoms with Crippen LogP contribution < -0.4 is 10.6 Å². The number of carbonyl (C=O) groups excluding carboxylic acids is 2. The number of nitrogens with zero attached hydrogens (tertiary/aromatic N) is 2. The number of rotatable bonds is 6. The summed E-state index contributed by atoms with van der Waals surface area (Å²) in [6.45, 7) is 8.84. The van der Waals surface area contributed by atoms with E-state index in [2.05, 4.69) is 15.6 Å². The average molecular weight is 330 g/mol. The molecule has 0 bridgehead atoms. The first kappa shape index (κ1) is 18.0. The molecule has 1 aromatic carbocycles. The SMILES string of the molecule is CCn1c(NC(=O)CCCNC(=O)C(C)(C)C)nc2ccccc21. The second kappa shape index (κ2) is 7.47. The molecule has 130 valence electrons. The predicted molar refractivity (Wildman–Crippen MR) is 95.7 cm³/mol. The molecule has 0 aliphatic carbocycles. The van der Waals surface area contributed by atoms with Gasteiger partial charge in [0.25, 0.3) is 0 Å². The monoisotopic (exact) mass is 330 g/mol. The second-order valence-corrected chi connectivity index (χ2v) is 6.83. The highest BCUT2D eigenvalue weighted by atomic mass is 16.2. The lowest BCUT2D eigenvalue weighted by atomic mass is 9.96. The number of aryl methyl sites for hydroxylation is 1. The van der Waals surface area contributed by atoms with Gasteiger partial charge in [-0.2, -0.15) is 0 Å². The molecule has 0 aliphatic rings. The van der Waals surface area contributed by atoms with Crippen molar-refractivity contribution in [3.05, 3.63) is 24.3 Å². The molecule has 0 radical (unpaired) electrons. The summed E-state index contributed by atoms with van der Waals surface area (Å²) < 4.78 is 1.98. The fourth-order valence-electron chi connectivity index (χ4n) is 2.39. The maximum absolute atomic E-state index is 12.1. The molecular formula is C18H26N4O2. The first-order chi connectivity index (χ1) is 11.3. The molecule has 0 saturated heterocycles. The first-order valence-electron chi connectivity index (χ1n) is 8.36. The number of carbonyl (C=O) groups is 2. The summed E-state index contributed by atoms with van der Waals surface area (Å²) in [6.07, 6.45) is 0.942. The van der Waals surface area contributed by atoms with E-state index in [1.807, 2.05) is 56.5 Å². The van der Waals surface area contributed by atoms with Gasteiger partial charge in [0.05, 0.1) is 11.0 Å². The zero-order chi connectivity index (χ0) is 17.7. The Kier molecular flexibility index (Phi) is 5.59. The molecule has 6 heteroatoms. The maximum Gasteiger partial charge on any atom is 0.226 e. The molecule has 2 amide bonds. The highest BCUT2D eigenvalue weighted by molar-refractivity contribution is 5.91. The van der Waals surface area contributed by atoms with Crippen LogP contribution in [0, 0.1) is 5.41 Å². The molecule has 6 nitrogen and oxygen atoms in total. The van der Waals surface area contributed by atoms with E-state index in [4.69, 9.17) is 0 Å². The molecule has 0 saturated carbocycles. The van der Waals surface area contributed by atoms with Gasteiger partial charge in [-0.05, 0) is 25.5 Å². The fraction of sp³-hybridized carbons (Fsp3) is 0.500. The summed E-state index contributed by atoms with van der Waals surface area (Å²) >= 11 is 0. The molecule has 0 unspecified atom stereocenters. The third kappa shape index (κ3) is 4.34. The van der Waals surface area contributed by atoms with Crippen molar-refractivity contribution in [3.8, 4) is 0 Å². The van der Waals surface area contributed by atoms with E-state index < -0.39 is 5.41 Å². The zero-order valence-corrected chi connectivity index (χ0v) is 14.8. The number of fused-ring (bicyclic) bond motifs is 1. The van der Waals surface area contributed by atoms with E-state index >= 15 is 0 Å². The Bertz CT molecular complexity index is 728. The van der Waals surface area contributed by atoms with Crippen LogP contribution in [0.2, 0.25) is 0 Å². The summed E-state index contributed by atoms with van der Waals surface area (Å²) in [5.41, 5.74) is 1.47. The van der Waals surface area contributed by atoms with Crippen molar-refractivity contribution in [2.45, 2.75) is 47.1 Å². The van der Waals surface area contributed by atoms with E-state index in [9.17, 15) is 9.59 Å². The number of hydrogen-bond donors (Lipinski definition) is 2. The van der Waals surface area contributed by atoms with Gasteiger partial charge in [0.2, 0.25) is 17.8 Å². The van der Waals surface area contributed by atoms with E-state index in [0.29, 0.717) is 25.3 Å². The molecule has 0 aliphatic heterocycles. The lowest BCUT2D eigenvalue weighted by Gasteiger charge is -2.17. The van der Waals surface area contributed by atoms with Crippen LogP contribution in [0.25, 0.3) is 11.0 Å². The van der Waals surface area contributed by atoms with Gasteiger partial charge in [0.1, 0.15) is 0 Å². The minimum absolute atomic E-state index is 0.00400. The molecule has 0 spiro atoms. The summed E-state index contributed by atoms with van der Waals surface area (Å²) in [5.74, 6) is 0.475. The molecule has 2 rings (SSSR count). The summed E-state index contributed by atoms with van der Waals surface area (Å²) in [7, 11) is 0. The highest BCUT2D eigenvalue weighted by Crippen LogP contribution is 2.19. The first-order valence-corrected chi connectivity index (χ1v) is 8.36. The number of amides is 2. The Labute approximate surface area is 142 Å². The van der Waals surface area contributed by atoms with Crippen molar-refractivity contribution in [3.63, 3.8) is 0 Å². The Morgan fingerprint density at radius 3 is 2.58 bits per heavy atom. The van der Waals surface area contributed by atoms with Gasteiger partial charge < -0.3 is 9.88 Å². The largest absolute Gasteiger partial charge is 0.356 e. The van der Waals surface area contributed by atoms with Crippen LogP contribution in [-0.2, 0) is 16.1 Å². The summed E-state index contributed by atoms with van der Waals surface area (Å²) in [5, 5.41) is 5.72. The molecule has 0 fully saturated rings. The predicted octanol–water partition coefficient (Wildman–Crippen LogP) is 2.94. The number of nitrogens with one attached hydrogen (secondary N) is 2. The van der Waals surface area contributed by atoms with Gasteiger partial charge in [0.15, 0.2) is 0 Å². The smallest absolute Gasteiger partial charge is 0.226 e. The molecule has 2 N–H and O–H groups in total. The number of imidazole rings is 1. The third-order valence-electron chi connectivity index (χ3n) is 3.77. The van der Waals surface area contributed by atoms with Crippen molar-refractivity contribution in [1.82, 2.24) is 14.9 Å². The molecule has 1 aromatic heterocycles. The standard InChI is InChI=1S/C18H26N4O2/c1-5-22-14-10-7-6-9-13(14)20-17(22)21-15(23)11-8-12-19-16(24)18(2,3)4/h6-7,9-10H,5,8,11-12H2,1-4H3,(H,19,24)(H,20,21,23). The fourth-order valence-corrected chi connectivity index (χ4v) is 2.39.